The van der Waals surface area contributed by atoms with Gasteiger partial charge in [0.1, 0.15) is 22.1 Å². The second-order valence-electron chi connectivity index (χ2n) is 37.1. The van der Waals surface area contributed by atoms with Gasteiger partial charge in [-0.3, -0.25) is 0 Å². The number of aromatic nitrogens is 4. The molecule has 0 radical (unpaired) electrons. The number of nitrogens with zero attached hydrogens (tertiary/aromatic N) is 4. The topological polar surface area (TPSA) is 51.6 Å². The molecule has 0 spiro atoms. The zero-order chi connectivity index (χ0) is 79.2. The van der Waals surface area contributed by atoms with Gasteiger partial charge in [-0.2, -0.15) is 17.5 Å². The quantitative estimate of drug-likeness (QED) is 0.0357. The maximum atomic E-state index is 5.68. The van der Waals surface area contributed by atoms with E-state index in [9.17, 15) is 0 Å². The average molecular weight is 1620 g/mol. The van der Waals surface area contributed by atoms with Gasteiger partial charge in [0.05, 0.1) is 23.5 Å². The number of benzene rings is 3. The second kappa shape index (κ2) is 55.0. The Balaban J connectivity index is 1.09. The largest absolute Gasteiger partial charge is 0.173 e. The standard InChI is InChI=1S/C105H170N4S4/c1-9-15-21-27-31-35-39-43-47-51-55-59-63-69-75-104(76-70-64-60-56-52-48-44-40-36-32-28-22-16-10-2)91-83-90-92(82-89(91)96-93(104)79-84(7)98-100(96)108-112-106-98)105(77-71-65-61-57-53-49-45-41-37-33-29-23-17-11-3,78-72-66-62-58-54-50-46-42-38-34-30-24-18-12-4)94-80-86(99-101(97(90)94)109-113-107-99)81-95-88(74-68-26-20-14-6)103-102(111-95)87(85(8)110-103)73-67-25-19-13-5/h79-80,82-83H,9-78,81H2,1-8H3. The number of thiophene rings is 2. The highest BCUT2D eigenvalue weighted by molar-refractivity contribution is 7.28. The van der Waals surface area contributed by atoms with Crippen molar-refractivity contribution in [2.24, 2.45) is 0 Å². The lowest BCUT2D eigenvalue weighted by molar-refractivity contribution is 0.393. The van der Waals surface area contributed by atoms with E-state index in [1.165, 1.54) is 523 Å². The zero-order valence-corrected chi connectivity index (χ0v) is 78.2. The first-order chi connectivity index (χ1) is 55.8. The van der Waals surface area contributed by atoms with Crippen LogP contribution in [0.15, 0.2) is 24.3 Å². The van der Waals surface area contributed by atoms with Crippen molar-refractivity contribution in [1.82, 2.24) is 17.5 Å². The third-order valence-electron chi connectivity index (χ3n) is 27.8. The summed E-state index contributed by atoms with van der Waals surface area (Å²) in [6, 6.07) is 11.3. The molecule has 113 heavy (non-hydrogen) atoms. The number of hydrogen-bond acceptors (Lipinski definition) is 8. The van der Waals surface area contributed by atoms with Crippen molar-refractivity contribution in [2.45, 2.75) is 522 Å². The first kappa shape index (κ1) is 93.8. The van der Waals surface area contributed by atoms with Crippen LogP contribution in [0.3, 0.4) is 0 Å². The van der Waals surface area contributed by atoms with E-state index in [0.29, 0.717) is 0 Å². The van der Waals surface area contributed by atoms with Gasteiger partial charge in [-0.05, 0) is 133 Å². The molecule has 4 nitrogen and oxygen atoms in total. The van der Waals surface area contributed by atoms with Gasteiger partial charge in [-0.15, -0.1) is 22.7 Å². The van der Waals surface area contributed by atoms with Crippen LogP contribution < -0.4 is 0 Å². The minimum Gasteiger partial charge on any atom is -0.173 e. The summed E-state index contributed by atoms with van der Waals surface area (Å²) in [4.78, 5) is 3.19. The highest BCUT2D eigenvalue weighted by Crippen LogP contribution is 2.63. The van der Waals surface area contributed by atoms with Gasteiger partial charge in [0.15, 0.2) is 0 Å². The Morgan fingerprint density at radius 2 is 0.522 bits per heavy atom. The summed E-state index contributed by atoms with van der Waals surface area (Å²) in [6.45, 7) is 18.9. The highest BCUT2D eigenvalue weighted by atomic mass is 32.1. The molecule has 0 aliphatic heterocycles. The van der Waals surface area contributed by atoms with E-state index in [1.807, 2.05) is 0 Å². The molecule has 7 aromatic rings. The van der Waals surface area contributed by atoms with Crippen LogP contribution in [0.2, 0.25) is 0 Å². The van der Waals surface area contributed by atoms with Gasteiger partial charge in [0, 0.05) is 47.5 Å². The van der Waals surface area contributed by atoms with Crippen molar-refractivity contribution in [3.05, 3.63) is 78.5 Å². The number of hydrogen-bond donors (Lipinski definition) is 0. The normalized spacial score (nSPS) is 13.5. The van der Waals surface area contributed by atoms with Crippen LogP contribution in [-0.4, -0.2) is 17.5 Å². The third kappa shape index (κ3) is 28.5. The van der Waals surface area contributed by atoms with Crippen LogP contribution in [0.25, 0.3) is 53.7 Å². The average Bonchev–Trinajstić information content (AvgIpc) is 1.57. The van der Waals surface area contributed by atoms with Gasteiger partial charge in [0.25, 0.3) is 0 Å². The molecule has 8 heteroatoms. The van der Waals surface area contributed by atoms with Crippen LogP contribution in [-0.2, 0) is 30.1 Å². The molecule has 2 aliphatic rings. The summed E-state index contributed by atoms with van der Waals surface area (Å²) in [6.07, 6.45) is 96.7. The molecule has 0 atom stereocenters. The van der Waals surface area contributed by atoms with Crippen molar-refractivity contribution < 1.29 is 0 Å². The predicted octanol–water partition coefficient (Wildman–Crippen LogP) is 37.4. The number of fused-ring (bicyclic) bond motifs is 11. The Hall–Kier alpha value is -3.04. The van der Waals surface area contributed by atoms with E-state index in [0.717, 1.165) is 11.9 Å². The van der Waals surface area contributed by atoms with Crippen molar-refractivity contribution in [2.75, 3.05) is 0 Å². The summed E-state index contributed by atoms with van der Waals surface area (Å²) in [7, 11) is 0. The van der Waals surface area contributed by atoms with Crippen LogP contribution in [0.5, 0.6) is 0 Å². The first-order valence-corrected chi connectivity index (χ1v) is 53.2. The Labute approximate surface area is 712 Å². The van der Waals surface area contributed by atoms with Crippen molar-refractivity contribution in [3.8, 4) is 22.3 Å². The molecule has 4 heterocycles. The molecule has 0 unspecified atom stereocenters. The summed E-state index contributed by atoms with van der Waals surface area (Å²) in [5, 5.41) is 0. The summed E-state index contributed by atoms with van der Waals surface area (Å²) in [5.74, 6) is 0. The third-order valence-corrected chi connectivity index (χ3v) is 31.5. The molecule has 0 bridgehead atoms. The highest BCUT2D eigenvalue weighted by Gasteiger charge is 2.50. The van der Waals surface area contributed by atoms with E-state index < -0.39 is 0 Å². The summed E-state index contributed by atoms with van der Waals surface area (Å²) in [5.41, 5.74) is 23.1. The van der Waals surface area contributed by atoms with E-state index in [1.54, 1.807) is 52.5 Å². The molecular formula is C105H170N4S4. The molecule has 0 saturated heterocycles. The molecule has 2 aliphatic carbocycles. The monoisotopic (exact) mass is 1620 g/mol. The Bertz CT molecular complexity index is 3600. The lowest BCUT2D eigenvalue weighted by atomic mass is 9.68. The summed E-state index contributed by atoms with van der Waals surface area (Å²) >= 11 is 7.30. The van der Waals surface area contributed by atoms with Crippen molar-refractivity contribution in [3.63, 3.8) is 0 Å². The lowest BCUT2D eigenvalue weighted by Gasteiger charge is -2.35. The van der Waals surface area contributed by atoms with E-state index in [4.69, 9.17) is 17.5 Å². The predicted molar refractivity (Wildman–Crippen MR) is 508 cm³/mol. The van der Waals surface area contributed by atoms with Crippen molar-refractivity contribution >= 4 is 77.6 Å². The fraction of sp³-hybridized carbons (Fsp3) is 0.771. The van der Waals surface area contributed by atoms with Crippen LogP contribution in [0, 0.1) is 13.8 Å². The van der Waals surface area contributed by atoms with E-state index in [2.05, 4.69) is 102 Å². The molecule has 9 rings (SSSR count). The van der Waals surface area contributed by atoms with Crippen LogP contribution >= 0.6 is 46.1 Å². The lowest BCUT2D eigenvalue weighted by Crippen LogP contribution is -2.27. The number of rotatable bonds is 72. The molecule has 0 saturated carbocycles. The summed E-state index contributed by atoms with van der Waals surface area (Å²) < 4.78 is 25.1. The van der Waals surface area contributed by atoms with Crippen molar-refractivity contribution in [1.29, 1.82) is 0 Å². The fourth-order valence-corrected chi connectivity index (χ4v) is 25.1. The van der Waals surface area contributed by atoms with Crippen LogP contribution in [0.1, 0.15) is 532 Å². The van der Waals surface area contributed by atoms with E-state index in [-0.39, 0.29) is 10.8 Å². The fourth-order valence-electron chi connectivity index (χ4n) is 20.9. The number of unbranched alkanes of at least 4 members (excludes halogenated alkanes) is 58. The Morgan fingerprint density at radius 1 is 0.257 bits per heavy atom. The molecule has 3 aromatic carbocycles. The Morgan fingerprint density at radius 3 is 0.858 bits per heavy atom. The van der Waals surface area contributed by atoms with Gasteiger partial charge in [-0.1, -0.05) is 452 Å². The molecular weight excluding hydrogens is 1450 g/mol. The molecule has 4 aromatic heterocycles. The second-order valence-corrected chi connectivity index (χ2v) is 40.5. The smallest absolute Gasteiger partial charge is 0.113 e. The Kier molecular flexibility index (Phi) is 45.7. The molecule has 0 fully saturated rings. The van der Waals surface area contributed by atoms with Gasteiger partial charge in [-0.25, -0.2) is 0 Å². The minimum absolute atomic E-state index is 0.0860. The zero-order valence-electron chi connectivity index (χ0n) is 74.9. The van der Waals surface area contributed by atoms with E-state index >= 15 is 0 Å². The molecule has 0 amide bonds. The molecule has 0 N–H and O–H groups in total. The maximum Gasteiger partial charge on any atom is 0.113 e. The van der Waals surface area contributed by atoms with Gasteiger partial charge >= 0.3 is 0 Å². The first-order valence-electron chi connectivity index (χ1n) is 50.1. The van der Waals surface area contributed by atoms with Crippen LogP contribution in [0.4, 0.5) is 0 Å². The minimum atomic E-state index is -0.124. The maximum absolute atomic E-state index is 5.68. The number of aryl methyl sites for hydroxylation is 4. The van der Waals surface area contributed by atoms with Gasteiger partial charge in [0.2, 0.25) is 0 Å². The van der Waals surface area contributed by atoms with Gasteiger partial charge < -0.3 is 0 Å². The molecule has 634 valence electrons. The SMILES string of the molecule is CCCCCCCCCCCCCCCCC1(CCCCCCCCCCCCCCCC)c2cc3c(cc2-c2c1cc(C)c1nsnc21)C(CCCCCCCCCCCCCCCC)(CCCCCCCCCCCCCCCC)c1cc(Cc2sc4c(CCCCCC)c(C)sc4c2CCCCCC)c2nsnc2c1-3.